The van der Waals surface area contributed by atoms with E-state index in [-0.39, 0.29) is 24.3 Å². The van der Waals surface area contributed by atoms with Crippen LogP contribution >= 0.6 is 0 Å². The normalized spacial score (nSPS) is 19.1. The number of phenolic OH excluding ortho intramolecular Hbond substituents is 1. The third-order valence-electron chi connectivity index (χ3n) is 3.27. The molecule has 1 unspecified atom stereocenters. The maximum Gasteiger partial charge on any atom is 0.222 e. The first-order valence-corrected chi connectivity index (χ1v) is 6.61. The number of nitrogens with one attached hydrogen (secondary N) is 1. The molecule has 0 bridgehead atoms. The first-order valence-electron chi connectivity index (χ1n) is 6.61. The van der Waals surface area contributed by atoms with Gasteiger partial charge in [0.1, 0.15) is 5.75 Å². The molecule has 4 N–H and O–H groups in total. The lowest BCUT2D eigenvalue weighted by atomic mass is 10.1. The molecule has 1 heterocycles. The van der Waals surface area contributed by atoms with E-state index in [4.69, 9.17) is 10.5 Å². The Morgan fingerprint density at radius 3 is 3.05 bits per heavy atom. The third kappa shape index (κ3) is 4.13. The van der Waals surface area contributed by atoms with E-state index in [1.54, 1.807) is 12.1 Å². The number of benzene rings is 1. The summed E-state index contributed by atoms with van der Waals surface area (Å²) in [7, 11) is 0. The number of nitrogen functional groups attached to an aromatic ring is 1. The van der Waals surface area contributed by atoms with Crippen LogP contribution in [0, 0.1) is 0 Å². The van der Waals surface area contributed by atoms with Crippen LogP contribution in [0.1, 0.15) is 31.2 Å². The molecule has 5 nitrogen and oxygen atoms in total. The van der Waals surface area contributed by atoms with Crippen molar-refractivity contribution >= 4 is 11.6 Å². The number of phenols is 1. The summed E-state index contributed by atoms with van der Waals surface area (Å²) in [4.78, 5) is 11.8. The zero-order chi connectivity index (χ0) is 13.7. The Kier molecular flexibility index (Phi) is 4.63. The van der Waals surface area contributed by atoms with Crippen molar-refractivity contribution in [1.29, 1.82) is 0 Å². The van der Waals surface area contributed by atoms with Crippen molar-refractivity contribution in [2.45, 2.75) is 38.3 Å². The lowest BCUT2D eigenvalue weighted by Crippen LogP contribution is -2.30. The Morgan fingerprint density at radius 2 is 2.32 bits per heavy atom. The van der Waals surface area contributed by atoms with Crippen LogP contribution in [-0.2, 0) is 16.1 Å². The van der Waals surface area contributed by atoms with E-state index in [2.05, 4.69) is 5.32 Å². The number of amides is 1. The van der Waals surface area contributed by atoms with E-state index in [9.17, 15) is 9.90 Å². The van der Waals surface area contributed by atoms with E-state index < -0.39 is 0 Å². The minimum Gasteiger partial charge on any atom is -0.508 e. The Balaban J connectivity index is 1.81. The minimum absolute atomic E-state index is 0.0307. The van der Waals surface area contributed by atoms with Gasteiger partial charge in [-0.15, -0.1) is 0 Å². The van der Waals surface area contributed by atoms with Crippen molar-refractivity contribution < 1.29 is 14.6 Å². The molecule has 0 spiro atoms. The maximum absolute atomic E-state index is 11.8. The summed E-state index contributed by atoms with van der Waals surface area (Å²) in [5, 5.41) is 12.4. The predicted molar refractivity (Wildman–Crippen MR) is 72.6 cm³/mol. The molecule has 0 aromatic heterocycles. The van der Waals surface area contributed by atoms with Gasteiger partial charge in [-0.25, -0.2) is 0 Å². The topological polar surface area (TPSA) is 84.6 Å². The lowest BCUT2D eigenvalue weighted by molar-refractivity contribution is -0.125. The zero-order valence-corrected chi connectivity index (χ0v) is 10.9. The summed E-state index contributed by atoms with van der Waals surface area (Å²) in [5.41, 5.74) is 6.83. The number of hydrogen-bond acceptors (Lipinski definition) is 4. The van der Waals surface area contributed by atoms with Crippen LogP contribution in [-0.4, -0.2) is 23.7 Å². The van der Waals surface area contributed by atoms with Crippen molar-refractivity contribution in [2.75, 3.05) is 12.3 Å². The summed E-state index contributed by atoms with van der Waals surface area (Å²) >= 11 is 0. The standard InChI is InChI=1S/C14H20N2O3/c15-11-4-5-13(17)10(7-11)9-16-14(18)8-12-3-1-2-6-19-12/h4-5,7,12,17H,1-3,6,8-9,15H2,(H,16,18). The molecule has 1 aromatic carbocycles. The Hall–Kier alpha value is -1.75. The molecular weight excluding hydrogens is 244 g/mol. The molecule has 0 aliphatic carbocycles. The minimum atomic E-state index is -0.0614. The van der Waals surface area contributed by atoms with Gasteiger partial charge >= 0.3 is 0 Å². The molecule has 5 heteroatoms. The van der Waals surface area contributed by atoms with Crippen LogP contribution in [0.4, 0.5) is 5.69 Å². The van der Waals surface area contributed by atoms with Crippen LogP contribution in [0.2, 0.25) is 0 Å². The van der Waals surface area contributed by atoms with Gasteiger partial charge in [0.15, 0.2) is 0 Å². The van der Waals surface area contributed by atoms with Crippen molar-refractivity contribution in [3.63, 3.8) is 0 Å². The summed E-state index contributed by atoms with van der Waals surface area (Å²) < 4.78 is 5.51. The number of carbonyl (C=O) groups excluding carboxylic acids is 1. The molecule has 1 aliphatic heterocycles. The van der Waals surface area contributed by atoms with Crippen LogP contribution in [0.15, 0.2) is 18.2 Å². The summed E-state index contributed by atoms with van der Waals surface area (Å²) in [6, 6.07) is 4.81. The average molecular weight is 264 g/mol. The maximum atomic E-state index is 11.8. The first-order chi connectivity index (χ1) is 9.15. The number of nitrogens with two attached hydrogens (primary N) is 1. The molecule has 1 aliphatic rings. The molecule has 104 valence electrons. The molecule has 1 atom stereocenters. The van der Waals surface area contributed by atoms with Crippen LogP contribution in [0.5, 0.6) is 5.75 Å². The highest BCUT2D eigenvalue weighted by atomic mass is 16.5. The molecule has 0 saturated carbocycles. The highest BCUT2D eigenvalue weighted by molar-refractivity contribution is 5.76. The van der Waals surface area contributed by atoms with Gasteiger partial charge in [0.2, 0.25) is 5.91 Å². The van der Waals surface area contributed by atoms with Gasteiger partial charge < -0.3 is 20.9 Å². The number of anilines is 1. The summed E-state index contributed by atoms with van der Waals surface area (Å²) in [6.45, 7) is 1.02. The number of carbonyl (C=O) groups is 1. The zero-order valence-electron chi connectivity index (χ0n) is 10.9. The van der Waals surface area contributed by atoms with Crippen molar-refractivity contribution in [1.82, 2.24) is 5.32 Å². The molecule has 19 heavy (non-hydrogen) atoms. The number of rotatable bonds is 4. The second-order valence-corrected chi connectivity index (χ2v) is 4.86. The average Bonchev–Trinajstić information content (AvgIpc) is 2.41. The van der Waals surface area contributed by atoms with E-state index in [0.29, 0.717) is 17.7 Å². The van der Waals surface area contributed by atoms with Gasteiger partial charge in [0, 0.05) is 24.4 Å². The van der Waals surface area contributed by atoms with Crippen LogP contribution in [0.3, 0.4) is 0 Å². The largest absolute Gasteiger partial charge is 0.508 e. The van der Waals surface area contributed by atoms with Crippen molar-refractivity contribution in [3.8, 4) is 5.75 Å². The van der Waals surface area contributed by atoms with Gasteiger partial charge in [0.25, 0.3) is 0 Å². The molecular formula is C14H20N2O3. The molecule has 1 aromatic rings. The second kappa shape index (κ2) is 6.43. The molecule has 2 rings (SSSR count). The third-order valence-corrected chi connectivity index (χ3v) is 3.27. The van der Waals surface area contributed by atoms with Gasteiger partial charge in [-0.3, -0.25) is 4.79 Å². The smallest absolute Gasteiger partial charge is 0.222 e. The number of aromatic hydroxyl groups is 1. The van der Waals surface area contributed by atoms with Crippen molar-refractivity contribution in [2.24, 2.45) is 0 Å². The highest BCUT2D eigenvalue weighted by Crippen LogP contribution is 2.20. The Labute approximate surface area is 112 Å². The first kappa shape index (κ1) is 13.7. The van der Waals surface area contributed by atoms with Gasteiger partial charge in [-0.2, -0.15) is 0 Å². The van der Waals surface area contributed by atoms with Gasteiger partial charge in [-0.05, 0) is 37.5 Å². The monoisotopic (exact) mass is 264 g/mol. The Morgan fingerprint density at radius 1 is 1.47 bits per heavy atom. The van der Waals surface area contributed by atoms with E-state index in [1.165, 1.54) is 6.07 Å². The number of ether oxygens (including phenoxy) is 1. The summed E-state index contributed by atoms with van der Waals surface area (Å²) in [6.07, 6.45) is 3.55. The fourth-order valence-electron chi connectivity index (χ4n) is 2.19. The lowest BCUT2D eigenvalue weighted by Gasteiger charge is -2.22. The van der Waals surface area contributed by atoms with Crippen molar-refractivity contribution in [3.05, 3.63) is 23.8 Å². The predicted octanol–water partition coefficient (Wildman–Crippen LogP) is 1.55. The van der Waals surface area contributed by atoms with Gasteiger partial charge in [-0.1, -0.05) is 0 Å². The fourth-order valence-corrected chi connectivity index (χ4v) is 2.19. The van der Waals surface area contributed by atoms with E-state index >= 15 is 0 Å². The Bertz CT molecular complexity index is 442. The molecule has 1 amide bonds. The summed E-state index contributed by atoms with van der Waals surface area (Å²) in [5.74, 6) is 0.0807. The highest BCUT2D eigenvalue weighted by Gasteiger charge is 2.17. The van der Waals surface area contributed by atoms with Gasteiger partial charge in [0.05, 0.1) is 12.5 Å². The SMILES string of the molecule is Nc1ccc(O)c(CNC(=O)CC2CCCCO2)c1. The van der Waals surface area contributed by atoms with Crippen LogP contribution in [0.25, 0.3) is 0 Å². The fraction of sp³-hybridized carbons (Fsp3) is 0.500. The quantitative estimate of drug-likeness (QED) is 0.569. The van der Waals surface area contributed by atoms with Crippen LogP contribution < -0.4 is 11.1 Å². The number of hydrogen-bond donors (Lipinski definition) is 3. The molecule has 1 fully saturated rings. The second-order valence-electron chi connectivity index (χ2n) is 4.86. The van der Waals surface area contributed by atoms with E-state index in [0.717, 1.165) is 25.9 Å². The molecule has 1 saturated heterocycles. The molecule has 0 radical (unpaired) electrons. The van der Waals surface area contributed by atoms with E-state index in [1.807, 2.05) is 0 Å².